The summed E-state index contributed by atoms with van der Waals surface area (Å²) in [5, 5.41) is 3.59. The molecule has 2 aromatic carbocycles. The molecule has 2 aromatic rings. The van der Waals surface area contributed by atoms with Gasteiger partial charge in [-0.25, -0.2) is 0 Å². The highest BCUT2D eigenvalue weighted by molar-refractivity contribution is 6.31. The van der Waals surface area contributed by atoms with E-state index in [1.807, 2.05) is 64.1 Å². The van der Waals surface area contributed by atoms with Crippen molar-refractivity contribution in [1.82, 2.24) is 10.2 Å². The van der Waals surface area contributed by atoms with Crippen LogP contribution < -0.4 is 14.8 Å². The molecule has 0 aliphatic carbocycles. The number of nitrogens with zero attached hydrogens (tertiary/aromatic N) is 1. The zero-order valence-electron chi connectivity index (χ0n) is 19.8. The van der Waals surface area contributed by atoms with Gasteiger partial charge in [-0.15, -0.1) is 0 Å². The van der Waals surface area contributed by atoms with E-state index in [2.05, 4.69) is 5.32 Å². The lowest BCUT2D eigenvalue weighted by atomic mass is 10.0. The molecule has 1 N–H and O–H groups in total. The van der Waals surface area contributed by atoms with Crippen LogP contribution in [0, 0.1) is 0 Å². The van der Waals surface area contributed by atoms with Crippen molar-refractivity contribution in [1.29, 1.82) is 0 Å². The molecule has 0 spiro atoms. The van der Waals surface area contributed by atoms with Crippen molar-refractivity contribution in [3.63, 3.8) is 0 Å². The molecule has 0 radical (unpaired) electrons. The van der Waals surface area contributed by atoms with Gasteiger partial charge in [-0.05, 0) is 62.9 Å². The van der Waals surface area contributed by atoms with E-state index in [1.54, 1.807) is 11.0 Å². The van der Waals surface area contributed by atoms with Gasteiger partial charge >= 0.3 is 0 Å². The van der Waals surface area contributed by atoms with Crippen molar-refractivity contribution in [2.45, 2.75) is 65.1 Å². The highest BCUT2D eigenvalue weighted by atomic mass is 35.5. The maximum atomic E-state index is 13.4. The number of benzene rings is 2. The largest absolute Gasteiger partial charge is 0.486 e. The highest BCUT2D eigenvalue weighted by Crippen LogP contribution is 2.31. The second-order valence-electron chi connectivity index (χ2n) is 9.25. The molecule has 33 heavy (non-hydrogen) atoms. The van der Waals surface area contributed by atoms with E-state index in [4.69, 9.17) is 21.1 Å². The third kappa shape index (κ3) is 6.87. The Morgan fingerprint density at radius 1 is 1.09 bits per heavy atom. The van der Waals surface area contributed by atoms with Crippen LogP contribution in [0.1, 0.15) is 51.7 Å². The second-order valence-corrected chi connectivity index (χ2v) is 9.66. The lowest BCUT2D eigenvalue weighted by molar-refractivity contribution is -0.142. The summed E-state index contributed by atoms with van der Waals surface area (Å²) >= 11 is 6.38. The summed E-state index contributed by atoms with van der Waals surface area (Å²) in [7, 11) is 0. The monoisotopic (exact) mass is 472 g/mol. The number of nitrogens with one attached hydrogen (secondary N) is 1. The first-order valence-corrected chi connectivity index (χ1v) is 11.8. The SMILES string of the molecule is CC[C@H](C(=O)NC(C)(C)C)N(Cc1ccccc1Cl)C(=O)CCc1ccc2c(c1)OCCO2. The third-order valence-electron chi connectivity index (χ3n) is 5.42. The number of fused-ring (bicyclic) bond motifs is 1. The van der Waals surface area contributed by atoms with Gasteiger partial charge in [0.15, 0.2) is 11.5 Å². The molecule has 0 saturated carbocycles. The molecule has 178 valence electrons. The van der Waals surface area contributed by atoms with Gasteiger partial charge in [0, 0.05) is 23.5 Å². The Balaban J connectivity index is 1.79. The summed E-state index contributed by atoms with van der Waals surface area (Å²) in [6.07, 6.45) is 1.30. The molecule has 0 fully saturated rings. The molecule has 0 bridgehead atoms. The van der Waals surface area contributed by atoms with E-state index >= 15 is 0 Å². The molecule has 3 rings (SSSR count). The first-order chi connectivity index (χ1) is 15.7. The number of carbonyl (C=O) groups excluding carboxylic acids is 2. The summed E-state index contributed by atoms with van der Waals surface area (Å²) < 4.78 is 11.2. The molecule has 1 heterocycles. The Morgan fingerprint density at radius 3 is 2.45 bits per heavy atom. The molecule has 1 aliphatic rings. The van der Waals surface area contributed by atoms with Crippen LogP contribution >= 0.6 is 11.6 Å². The van der Waals surface area contributed by atoms with Crippen LogP contribution in [0.25, 0.3) is 0 Å². The molecule has 0 saturated heterocycles. The molecule has 1 atom stereocenters. The minimum atomic E-state index is -0.590. The predicted octanol–water partition coefficient (Wildman–Crippen LogP) is 4.77. The Hall–Kier alpha value is -2.73. The van der Waals surface area contributed by atoms with Gasteiger partial charge in [0.25, 0.3) is 0 Å². The third-order valence-corrected chi connectivity index (χ3v) is 5.79. The number of halogens is 1. The van der Waals surface area contributed by atoms with Crippen molar-refractivity contribution in [2.24, 2.45) is 0 Å². The van der Waals surface area contributed by atoms with Gasteiger partial charge in [-0.3, -0.25) is 9.59 Å². The van der Waals surface area contributed by atoms with Crippen LogP contribution in [-0.2, 0) is 22.6 Å². The van der Waals surface area contributed by atoms with Crippen LogP contribution in [0.3, 0.4) is 0 Å². The fourth-order valence-electron chi connectivity index (χ4n) is 3.82. The summed E-state index contributed by atoms with van der Waals surface area (Å²) in [5.74, 6) is 1.17. The predicted molar refractivity (Wildman–Crippen MR) is 130 cm³/mol. The second kappa shape index (κ2) is 10.9. The molecule has 1 aliphatic heterocycles. The summed E-state index contributed by atoms with van der Waals surface area (Å²) in [6, 6.07) is 12.6. The number of carbonyl (C=O) groups is 2. The van der Waals surface area contributed by atoms with Crippen LogP contribution in [0.5, 0.6) is 11.5 Å². The Bertz CT molecular complexity index is 986. The minimum absolute atomic E-state index is 0.0966. The molecular formula is C26H33ClN2O4. The highest BCUT2D eigenvalue weighted by Gasteiger charge is 2.30. The quantitative estimate of drug-likeness (QED) is 0.601. The van der Waals surface area contributed by atoms with Crippen molar-refractivity contribution in [2.75, 3.05) is 13.2 Å². The molecule has 0 aromatic heterocycles. The van der Waals surface area contributed by atoms with Gasteiger partial charge in [0.2, 0.25) is 11.8 Å². The molecule has 0 unspecified atom stereocenters. The van der Waals surface area contributed by atoms with E-state index in [-0.39, 0.29) is 24.8 Å². The van der Waals surface area contributed by atoms with Gasteiger partial charge < -0.3 is 19.7 Å². The Morgan fingerprint density at radius 2 is 1.79 bits per heavy atom. The first kappa shape index (κ1) is 24.9. The van der Waals surface area contributed by atoms with Gasteiger partial charge in [0.1, 0.15) is 19.3 Å². The molecule has 7 heteroatoms. The summed E-state index contributed by atoms with van der Waals surface area (Å²) in [4.78, 5) is 28.2. The Kier molecular flexibility index (Phi) is 8.25. The van der Waals surface area contributed by atoms with Crippen LogP contribution in [-0.4, -0.2) is 41.5 Å². The summed E-state index contributed by atoms with van der Waals surface area (Å²) in [6.45, 7) is 9.04. The normalized spacial score (nSPS) is 13.8. The maximum Gasteiger partial charge on any atom is 0.243 e. The number of hydrogen-bond acceptors (Lipinski definition) is 4. The van der Waals surface area contributed by atoms with E-state index in [0.717, 1.165) is 16.9 Å². The van der Waals surface area contributed by atoms with Crippen LogP contribution in [0.2, 0.25) is 5.02 Å². The van der Waals surface area contributed by atoms with Crippen LogP contribution in [0.4, 0.5) is 0 Å². The first-order valence-electron chi connectivity index (χ1n) is 11.4. The van der Waals surface area contributed by atoms with Crippen molar-refractivity contribution in [3.05, 3.63) is 58.6 Å². The molecule has 2 amide bonds. The van der Waals surface area contributed by atoms with Gasteiger partial charge in [0.05, 0.1) is 0 Å². The van der Waals surface area contributed by atoms with E-state index in [0.29, 0.717) is 36.8 Å². The molecular weight excluding hydrogens is 440 g/mol. The standard InChI is InChI=1S/C26H33ClN2O4/c1-5-21(25(31)28-26(2,3)4)29(17-19-8-6-7-9-20(19)27)24(30)13-11-18-10-12-22-23(16-18)33-15-14-32-22/h6-10,12,16,21H,5,11,13-15,17H2,1-4H3,(H,28,31)/t21-/m1/s1. The zero-order valence-corrected chi connectivity index (χ0v) is 20.6. The number of ether oxygens (including phenoxy) is 2. The lowest BCUT2D eigenvalue weighted by Crippen LogP contribution is -2.53. The van der Waals surface area contributed by atoms with Crippen LogP contribution in [0.15, 0.2) is 42.5 Å². The Labute approximate surface area is 201 Å². The maximum absolute atomic E-state index is 13.4. The number of amides is 2. The van der Waals surface area contributed by atoms with Gasteiger partial charge in [-0.2, -0.15) is 0 Å². The fourth-order valence-corrected chi connectivity index (χ4v) is 4.02. The van der Waals surface area contributed by atoms with Crippen molar-refractivity contribution >= 4 is 23.4 Å². The van der Waals surface area contributed by atoms with Crippen molar-refractivity contribution < 1.29 is 19.1 Å². The zero-order chi connectivity index (χ0) is 24.0. The number of rotatable bonds is 8. The lowest BCUT2D eigenvalue weighted by Gasteiger charge is -2.33. The van der Waals surface area contributed by atoms with E-state index < -0.39 is 11.6 Å². The molecule has 6 nitrogen and oxygen atoms in total. The summed E-state index contributed by atoms with van der Waals surface area (Å²) in [5.41, 5.74) is 1.40. The van der Waals surface area contributed by atoms with E-state index in [9.17, 15) is 9.59 Å². The topological polar surface area (TPSA) is 67.9 Å². The smallest absolute Gasteiger partial charge is 0.243 e. The minimum Gasteiger partial charge on any atom is -0.486 e. The fraction of sp³-hybridized carbons (Fsp3) is 0.462. The number of hydrogen-bond donors (Lipinski definition) is 1. The van der Waals surface area contributed by atoms with Gasteiger partial charge in [-0.1, -0.05) is 42.8 Å². The average molecular weight is 473 g/mol. The van der Waals surface area contributed by atoms with Crippen molar-refractivity contribution in [3.8, 4) is 11.5 Å². The number of aryl methyl sites for hydroxylation is 1. The van der Waals surface area contributed by atoms with E-state index in [1.165, 1.54) is 0 Å². The average Bonchev–Trinajstić information content (AvgIpc) is 2.77.